The molecule has 38 heavy (non-hydrogen) atoms. The van der Waals surface area contributed by atoms with Gasteiger partial charge in [-0.3, -0.25) is 9.59 Å². The van der Waals surface area contributed by atoms with Crippen LogP contribution in [0.1, 0.15) is 18.4 Å². The van der Waals surface area contributed by atoms with Crippen LogP contribution >= 0.6 is 11.6 Å². The summed E-state index contributed by atoms with van der Waals surface area (Å²) in [6.45, 7) is 0.777. The Morgan fingerprint density at radius 3 is 2.42 bits per heavy atom. The van der Waals surface area contributed by atoms with Crippen molar-refractivity contribution >= 4 is 39.1 Å². The summed E-state index contributed by atoms with van der Waals surface area (Å²) in [6.07, 6.45) is 0.210. The number of nitrogens with zero attached hydrogens (tertiary/aromatic N) is 2. The highest BCUT2D eigenvalue weighted by Gasteiger charge is 2.39. The zero-order chi connectivity index (χ0) is 26.7. The molecule has 2 atom stereocenters. The number of hydrogen-bond acceptors (Lipinski definition) is 5. The number of fused-ring (bicyclic) bond motifs is 1. The molecule has 2 aliphatic rings. The van der Waals surface area contributed by atoms with E-state index in [0.717, 1.165) is 5.56 Å². The van der Waals surface area contributed by atoms with Gasteiger partial charge in [-0.25, -0.2) is 8.42 Å². The van der Waals surface area contributed by atoms with Gasteiger partial charge in [-0.1, -0.05) is 54.1 Å². The Morgan fingerprint density at radius 1 is 0.947 bits per heavy atom. The highest BCUT2D eigenvalue weighted by Crippen LogP contribution is 2.35. The van der Waals surface area contributed by atoms with Crippen molar-refractivity contribution in [3.63, 3.8) is 0 Å². The third-order valence-corrected chi connectivity index (χ3v) is 8.96. The van der Waals surface area contributed by atoms with Crippen LogP contribution in [0.4, 0.5) is 5.69 Å². The van der Waals surface area contributed by atoms with Gasteiger partial charge in [-0.05, 0) is 54.8 Å². The Kier molecular flexibility index (Phi) is 7.69. The lowest BCUT2D eigenvalue weighted by molar-refractivity contribution is -0.129. The molecule has 5 rings (SSSR count). The van der Waals surface area contributed by atoms with Crippen molar-refractivity contribution in [1.29, 1.82) is 0 Å². The van der Waals surface area contributed by atoms with Crippen LogP contribution in [0.2, 0.25) is 5.02 Å². The van der Waals surface area contributed by atoms with Crippen LogP contribution in [-0.2, 0) is 26.2 Å². The Balaban J connectivity index is 1.32. The third kappa shape index (κ3) is 5.55. The molecule has 2 unspecified atom stereocenters. The molecule has 10 heteroatoms. The van der Waals surface area contributed by atoms with Gasteiger partial charge in [-0.2, -0.15) is 4.31 Å². The van der Waals surface area contributed by atoms with Gasteiger partial charge in [0.25, 0.3) is 5.91 Å². The molecular weight excluding hydrogens is 526 g/mol. The monoisotopic (exact) mass is 553 g/mol. The first-order valence-corrected chi connectivity index (χ1v) is 14.3. The minimum Gasteiger partial charge on any atom is -0.477 e. The van der Waals surface area contributed by atoms with Crippen LogP contribution in [0.5, 0.6) is 5.75 Å². The number of sulfonamides is 1. The fraction of sp³-hybridized carbons (Fsp3) is 0.286. The van der Waals surface area contributed by atoms with E-state index in [1.807, 2.05) is 30.3 Å². The molecule has 3 aromatic rings. The Morgan fingerprint density at radius 2 is 1.66 bits per heavy atom. The van der Waals surface area contributed by atoms with Gasteiger partial charge in [0.1, 0.15) is 5.75 Å². The maximum atomic E-state index is 13.8. The number of ether oxygens (including phenoxy) is 1. The van der Waals surface area contributed by atoms with Crippen molar-refractivity contribution in [1.82, 2.24) is 9.62 Å². The maximum absolute atomic E-state index is 13.8. The Bertz CT molecular complexity index is 1420. The lowest BCUT2D eigenvalue weighted by Gasteiger charge is -2.38. The summed E-state index contributed by atoms with van der Waals surface area (Å²) in [6, 6.07) is 22.6. The summed E-state index contributed by atoms with van der Waals surface area (Å²) < 4.78 is 33.8. The molecule has 0 saturated carbocycles. The normalized spacial score (nSPS) is 19.8. The van der Waals surface area contributed by atoms with Crippen LogP contribution in [0.3, 0.4) is 0 Å². The molecule has 0 aliphatic carbocycles. The van der Waals surface area contributed by atoms with Gasteiger partial charge in [0, 0.05) is 24.7 Å². The fourth-order valence-corrected chi connectivity index (χ4v) is 6.47. The standard InChI is InChI=1S/C28H28ClN3O5S/c29-22-12-14-23(15-13-22)38(35,36)31-16-6-9-21(18-31)28(34)32-19-26(37-25-11-5-4-10-24(25)32)27(33)30-17-20-7-2-1-3-8-20/h1-5,7-8,10-15,21,26H,6,9,16-19H2,(H,30,33). The second-order valence-corrected chi connectivity index (χ2v) is 11.8. The van der Waals surface area contributed by atoms with E-state index in [9.17, 15) is 18.0 Å². The van der Waals surface area contributed by atoms with E-state index in [1.54, 1.807) is 29.2 Å². The van der Waals surface area contributed by atoms with Crippen molar-refractivity contribution in [3.05, 3.63) is 89.4 Å². The van der Waals surface area contributed by atoms with Gasteiger partial charge in [0.2, 0.25) is 15.9 Å². The molecule has 2 amide bonds. The molecule has 0 aromatic heterocycles. The van der Waals surface area contributed by atoms with Gasteiger partial charge in [-0.15, -0.1) is 0 Å². The molecule has 2 aliphatic heterocycles. The molecule has 198 valence electrons. The second-order valence-electron chi connectivity index (χ2n) is 9.38. The first kappa shape index (κ1) is 26.2. The van der Waals surface area contributed by atoms with E-state index in [2.05, 4.69) is 5.32 Å². The highest BCUT2D eigenvalue weighted by molar-refractivity contribution is 7.89. The van der Waals surface area contributed by atoms with Crippen molar-refractivity contribution in [2.45, 2.75) is 30.4 Å². The SMILES string of the molecule is O=C(NCc1ccccc1)C1CN(C(=O)C2CCCN(S(=O)(=O)c3ccc(Cl)cc3)C2)c2ccccc2O1. The molecule has 0 bridgehead atoms. The van der Waals surface area contributed by atoms with E-state index >= 15 is 0 Å². The lowest BCUT2D eigenvalue weighted by atomic mass is 9.97. The average Bonchev–Trinajstić information content (AvgIpc) is 2.95. The summed E-state index contributed by atoms with van der Waals surface area (Å²) in [7, 11) is -3.78. The first-order valence-electron chi connectivity index (χ1n) is 12.5. The minimum absolute atomic E-state index is 0.0386. The van der Waals surface area contributed by atoms with E-state index in [-0.39, 0.29) is 29.8 Å². The van der Waals surface area contributed by atoms with Crippen LogP contribution in [0.15, 0.2) is 83.8 Å². The van der Waals surface area contributed by atoms with Gasteiger partial charge in [0.15, 0.2) is 6.10 Å². The minimum atomic E-state index is -3.78. The summed E-state index contributed by atoms with van der Waals surface area (Å²) >= 11 is 5.93. The molecule has 1 saturated heterocycles. The molecule has 0 spiro atoms. The fourth-order valence-electron chi connectivity index (χ4n) is 4.82. The average molecular weight is 554 g/mol. The van der Waals surface area contributed by atoms with Crippen LogP contribution < -0.4 is 15.0 Å². The van der Waals surface area contributed by atoms with E-state index in [1.165, 1.54) is 28.6 Å². The number of amides is 2. The highest BCUT2D eigenvalue weighted by atomic mass is 35.5. The van der Waals surface area contributed by atoms with Crippen molar-refractivity contribution < 1.29 is 22.7 Å². The third-order valence-electron chi connectivity index (χ3n) is 6.83. The van der Waals surface area contributed by atoms with Crippen molar-refractivity contribution in [2.24, 2.45) is 5.92 Å². The van der Waals surface area contributed by atoms with Crippen molar-refractivity contribution in [2.75, 3.05) is 24.5 Å². The first-order chi connectivity index (χ1) is 18.3. The number of anilines is 1. The smallest absolute Gasteiger partial charge is 0.263 e. The van der Waals surface area contributed by atoms with Gasteiger partial charge in [0.05, 0.1) is 23.0 Å². The number of para-hydroxylation sites is 2. The summed E-state index contributed by atoms with van der Waals surface area (Å²) in [5.41, 5.74) is 1.52. The molecule has 8 nitrogen and oxygen atoms in total. The molecule has 3 aromatic carbocycles. The lowest BCUT2D eigenvalue weighted by Crippen LogP contribution is -2.53. The van der Waals surface area contributed by atoms with E-state index < -0.39 is 22.0 Å². The maximum Gasteiger partial charge on any atom is 0.263 e. The second kappa shape index (κ2) is 11.1. The molecule has 2 heterocycles. The largest absolute Gasteiger partial charge is 0.477 e. The quantitative estimate of drug-likeness (QED) is 0.500. The number of carbonyl (C=O) groups is 2. The topological polar surface area (TPSA) is 96.0 Å². The van der Waals surface area contributed by atoms with Crippen molar-refractivity contribution in [3.8, 4) is 5.75 Å². The summed E-state index contributed by atoms with van der Waals surface area (Å²) in [5.74, 6) is -0.659. The molecule has 0 radical (unpaired) electrons. The Labute approximate surface area is 227 Å². The number of rotatable bonds is 6. The number of piperidine rings is 1. The van der Waals surface area contributed by atoms with Gasteiger partial charge >= 0.3 is 0 Å². The number of halogens is 1. The van der Waals surface area contributed by atoms with Crippen LogP contribution in [-0.4, -0.2) is 50.3 Å². The number of benzene rings is 3. The summed E-state index contributed by atoms with van der Waals surface area (Å²) in [4.78, 5) is 28.5. The molecule has 1 N–H and O–H groups in total. The Hall–Kier alpha value is -3.40. The summed E-state index contributed by atoms with van der Waals surface area (Å²) in [5, 5.41) is 3.34. The number of carbonyl (C=O) groups excluding carboxylic acids is 2. The van der Waals surface area contributed by atoms with E-state index in [0.29, 0.717) is 42.4 Å². The van der Waals surface area contributed by atoms with Crippen LogP contribution in [0, 0.1) is 5.92 Å². The van der Waals surface area contributed by atoms with Crippen LogP contribution in [0.25, 0.3) is 0 Å². The number of hydrogen-bond donors (Lipinski definition) is 1. The predicted octanol–water partition coefficient (Wildman–Crippen LogP) is 3.85. The predicted molar refractivity (Wildman–Crippen MR) is 144 cm³/mol. The zero-order valence-electron chi connectivity index (χ0n) is 20.6. The van der Waals surface area contributed by atoms with Gasteiger partial charge < -0.3 is 15.0 Å². The van der Waals surface area contributed by atoms with E-state index in [4.69, 9.17) is 16.3 Å². The molecular formula is C28H28ClN3O5S. The number of nitrogens with one attached hydrogen (secondary N) is 1. The molecule has 1 fully saturated rings. The zero-order valence-corrected chi connectivity index (χ0v) is 22.2.